The van der Waals surface area contributed by atoms with Crippen LogP contribution in [0.1, 0.15) is 27.7 Å². The van der Waals surface area contributed by atoms with E-state index in [1.807, 2.05) is 19.1 Å². The maximum absolute atomic E-state index is 12.1. The van der Waals surface area contributed by atoms with Crippen LogP contribution in [0.4, 0.5) is 0 Å². The lowest BCUT2D eigenvalue weighted by Crippen LogP contribution is -2.33. The summed E-state index contributed by atoms with van der Waals surface area (Å²) in [6, 6.07) is 15.7. The van der Waals surface area contributed by atoms with Crippen LogP contribution in [0.15, 0.2) is 66.3 Å². The molecule has 1 amide bonds. The second kappa shape index (κ2) is 10.0. The topological polar surface area (TPSA) is 54.5 Å². The third kappa shape index (κ3) is 6.18. The fourth-order valence-corrected chi connectivity index (χ4v) is 3.65. The van der Waals surface area contributed by atoms with E-state index in [4.69, 9.17) is 4.74 Å². The number of hydrogen-bond acceptors (Lipinski definition) is 5. The first kappa shape index (κ1) is 20.0. The first-order valence-electron chi connectivity index (χ1n) is 9.25. The number of nitrogens with one attached hydrogen (secondary N) is 1. The highest BCUT2D eigenvalue weighted by Gasteiger charge is 2.10. The molecule has 2 aromatic heterocycles. The highest BCUT2D eigenvalue weighted by Crippen LogP contribution is 2.18. The number of carbonyl (C=O) groups is 1. The fraction of sp³-hybridized carbons (Fsp3) is 0.273. The van der Waals surface area contributed by atoms with Gasteiger partial charge in [0.15, 0.2) is 0 Å². The van der Waals surface area contributed by atoms with E-state index >= 15 is 0 Å². The van der Waals surface area contributed by atoms with Gasteiger partial charge in [-0.05, 0) is 55.2 Å². The van der Waals surface area contributed by atoms with Gasteiger partial charge < -0.3 is 10.1 Å². The summed E-state index contributed by atoms with van der Waals surface area (Å²) in [5.41, 5.74) is 1.79. The Morgan fingerprint density at radius 3 is 2.75 bits per heavy atom. The average Bonchev–Trinajstić information content (AvgIpc) is 3.20. The van der Waals surface area contributed by atoms with Crippen LogP contribution in [0.25, 0.3) is 0 Å². The summed E-state index contributed by atoms with van der Waals surface area (Å²) in [5.74, 6) is 0.689. The molecule has 3 aromatic rings. The van der Waals surface area contributed by atoms with Crippen molar-refractivity contribution in [3.63, 3.8) is 0 Å². The maximum atomic E-state index is 12.1. The average molecular weight is 396 g/mol. The van der Waals surface area contributed by atoms with Gasteiger partial charge in [0.25, 0.3) is 5.91 Å². The molecule has 0 spiro atoms. The second-order valence-electron chi connectivity index (χ2n) is 6.77. The van der Waals surface area contributed by atoms with Crippen molar-refractivity contribution < 1.29 is 9.53 Å². The zero-order valence-electron chi connectivity index (χ0n) is 16.2. The van der Waals surface area contributed by atoms with E-state index in [1.165, 1.54) is 10.4 Å². The van der Waals surface area contributed by atoms with Gasteiger partial charge in [-0.25, -0.2) is 0 Å². The Morgan fingerprint density at radius 2 is 2.00 bits per heavy atom. The fourth-order valence-electron chi connectivity index (χ4n) is 2.87. The number of ether oxygens (including phenoxy) is 1. The number of hydrogen-bond donors (Lipinski definition) is 1. The monoisotopic (exact) mass is 395 g/mol. The van der Waals surface area contributed by atoms with Crippen LogP contribution in [0.3, 0.4) is 0 Å². The van der Waals surface area contributed by atoms with E-state index in [2.05, 4.69) is 51.9 Å². The molecule has 0 saturated heterocycles. The zero-order valence-corrected chi connectivity index (χ0v) is 17.0. The molecule has 1 aromatic carbocycles. The lowest BCUT2D eigenvalue weighted by molar-refractivity contribution is 0.0932. The van der Waals surface area contributed by atoms with Gasteiger partial charge in [0, 0.05) is 35.9 Å². The molecule has 3 rings (SSSR count). The number of thiophene rings is 1. The van der Waals surface area contributed by atoms with Crippen molar-refractivity contribution in [1.82, 2.24) is 15.2 Å². The van der Waals surface area contributed by atoms with Gasteiger partial charge in [0.2, 0.25) is 0 Å². The summed E-state index contributed by atoms with van der Waals surface area (Å²) in [5, 5.41) is 5.00. The molecular formula is C22H25N3O2S. The van der Waals surface area contributed by atoms with Crippen molar-refractivity contribution >= 4 is 17.2 Å². The number of carbonyl (C=O) groups excluding carboxylic acids is 1. The predicted molar refractivity (Wildman–Crippen MR) is 113 cm³/mol. The molecular weight excluding hydrogens is 370 g/mol. The molecule has 2 heterocycles. The van der Waals surface area contributed by atoms with Crippen LogP contribution < -0.4 is 10.1 Å². The van der Waals surface area contributed by atoms with Gasteiger partial charge in [-0.1, -0.05) is 18.2 Å². The van der Waals surface area contributed by atoms with Crippen LogP contribution in [0, 0.1) is 0 Å². The Hall–Kier alpha value is -2.70. The van der Waals surface area contributed by atoms with E-state index in [1.54, 1.807) is 35.9 Å². The van der Waals surface area contributed by atoms with E-state index < -0.39 is 0 Å². The number of rotatable bonds is 9. The number of amides is 1. The molecule has 0 aliphatic heterocycles. The van der Waals surface area contributed by atoms with E-state index in [0.717, 1.165) is 18.8 Å². The van der Waals surface area contributed by atoms with Crippen molar-refractivity contribution in [1.29, 1.82) is 0 Å². The molecule has 6 heteroatoms. The lowest BCUT2D eigenvalue weighted by Gasteiger charge is -2.18. The largest absolute Gasteiger partial charge is 0.489 e. The van der Waals surface area contributed by atoms with Crippen LogP contribution >= 0.6 is 11.3 Å². The zero-order chi connectivity index (χ0) is 19.8. The Kier molecular flexibility index (Phi) is 7.17. The summed E-state index contributed by atoms with van der Waals surface area (Å²) >= 11 is 1.78. The number of benzene rings is 1. The lowest BCUT2D eigenvalue weighted by atomic mass is 10.2. The molecule has 0 aliphatic rings. The predicted octanol–water partition coefficient (Wildman–Crippen LogP) is 3.97. The van der Waals surface area contributed by atoms with Crippen LogP contribution in [-0.4, -0.2) is 35.5 Å². The molecule has 5 nitrogen and oxygen atoms in total. The normalized spacial score (nSPS) is 12.0. The number of nitrogens with zero attached hydrogens (tertiary/aromatic N) is 2. The van der Waals surface area contributed by atoms with Crippen molar-refractivity contribution in [3.8, 4) is 5.75 Å². The second-order valence-corrected chi connectivity index (χ2v) is 7.81. The summed E-state index contributed by atoms with van der Waals surface area (Å²) in [6.45, 7) is 4.16. The van der Waals surface area contributed by atoms with Crippen molar-refractivity contribution in [2.24, 2.45) is 0 Å². The summed E-state index contributed by atoms with van der Waals surface area (Å²) in [6.07, 6.45) is 3.08. The van der Waals surface area contributed by atoms with Crippen molar-refractivity contribution in [2.75, 3.05) is 13.6 Å². The molecule has 1 atom stereocenters. The van der Waals surface area contributed by atoms with Gasteiger partial charge in [0.05, 0.1) is 6.54 Å². The minimum atomic E-state index is -0.134. The maximum Gasteiger partial charge on any atom is 0.251 e. The van der Waals surface area contributed by atoms with Crippen LogP contribution in [0.5, 0.6) is 5.75 Å². The number of pyridine rings is 1. The Bertz CT molecular complexity index is 869. The molecule has 0 unspecified atom stereocenters. The summed E-state index contributed by atoms with van der Waals surface area (Å²) < 4.78 is 5.99. The van der Waals surface area contributed by atoms with Gasteiger partial charge in [-0.2, -0.15) is 0 Å². The first-order valence-corrected chi connectivity index (χ1v) is 10.1. The van der Waals surface area contributed by atoms with Gasteiger partial charge in [0.1, 0.15) is 11.9 Å². The van der Waals surface area contributed by atoms with Crippen LogP contribution in [-0.2, 0) is 13.1 Å². The van der Waals surface area contributed by atoms with E-state index in [9.17, 15) is 4.79 Å². The van der Waals surface area contributed by atoms with Crippen molar-refractivity contribution in [2.45, 2.75) is 26.1 Å². The Morgan fingerprint density at radius 1 is 1.18 bits per heavy atom. The molecule has 0 aliphatic carbocycles. The minimum absolute atomic E-state index is 0.123. The minimum Gasteiger partial charge on any atom is -0.489 e. The third-order valence-electron chi connectivity index (χ3n) is 4.19. The smallest absolute Gasteiger partial charge is 0.251 e. The SMILES string of the molecule is C[C@@H](CNC(=O)c1ccncc1)Oc1cccc(CN(C)Cc2cccs2)c1. The van der Waals surface area contributed by atoms with E-state index in [0.29, 0.717) is 12.1 Å². The van der Waals surface area contributed by atoms with Gasteiger partial charge in [-0.15, -0.1) is 11.3 Å². The molecule has 0 fully saturated rings. The highest BCUT2D eigenvalue weighted by atomic mass is 32.1. The Balaban J connectivity index is 1.48. The summed E-state index contributed by atoms with van der Waals surface area (Å²) in [7, 11) is 2.12. The molecule has 0 radical (unpaired) electrons. The van der Waals surface area contributed by atoms with Gasteiger partial charge in [-0.3, -0.25) is 14.7 Å². The number of aromatic nitrogens is 1. The van der Waals surface area contributed by atoms with E-state index in [-0.39, 0.29) is 12.0 Å². The molecule has 28 heavy (non-hydrogen) atoms. The molecule has 146 valence electrons. The summed E-state index contributed by atoms with van der Waals surface area (Å²) in [4.78, 5) is 19.7. The first-order chi connectivity index (χ1) is 13.6. The Labute approximate surface area is 170 Å². The van der Waals surface area contributed by atoms with Crippen molar-refractivity contribution in [3.05, 3.63) is 82.3 Å². The molecule has 0 saturated carbocycles. The third-order valence-corrected chi connectivity index (χ3v) is 5.05. The van der Waals surface area contributed by atoms with Gasteiger partial charge >= 0.3 is 0 Å². The quantitative estimate of drug-likeness (QED) is 0.596. The highest BCUT2D eigenvalue weighted by molar-refractivity contribution is 7.09. The molecule has 1 N–H and O–H groups in total. The van der Waals surface area contributed by atoms with Crippen LogP contribution in [0.2, 0.25) is 0 Å². The molecule has 0 bridgehead atoms. The standard InChI is InChI=1S/C22H25N3O2S/c1-17(14-24-22(26)19-8-10-23-11-9-19)27-20-6-3-5-18(13-20)15-25(2)16-21-7-4-12-28-21/h3-13,17H,14-16H2,1-2H3,(H,24,26)/t17-/m0/s1.